The molecule has 2 aromatic rings. The van der Waals surface area contributed by atoms with E-state index >= 15 is 0 Å². The molecule has 0 aromatic heterocycles. The topological polar surface area (TPSA) is 93.1 Å². The predicted molar refractivity (Wildman–Crippen MR) is 125 cm³/mol. The molecule has 3 rings (SSSR count). The average Bonchev–Trinajstić information content (AvgIpc) is 2.81. The van der Waals surface area contributed by atoms with Gasteiger partial charge in [-0.15, -0.1) is 5.92 Å². The number of hydrogen-bond donors (Lipinski definition) is 1. The zero-order chi connectivity index (χ0) is 23.8. The van der Waals surface area contributed by atoms with E-state index < -0.39 is 27.0 Å². The number of likely N-dealkylation sites (tertiary alicyclic amines) is 1. The van der Waals surface area contributed by atoms with E-state index in [9.17, 15) is 18.3 Å². The first-order chi connectivity index (χ1) is 15.8. The average molecular weight is 472 g/mol. The lowest BCUT2D eigenvalue weighted by Crippen LogP contribution is -2.44. The summed E-state index contributed by atoms with van der Waals surface area (Å²) in [5.41, 5.74) is 1.13. The number of nitrogens with zero attached hydrogens (tertiary/aromatic N) is 1. The van der Waals surface area contributed by atoms with Crippen LogP contribution in [0.3, 0.4) is 0 Å². The highest BCUT2D eigenvalue weighted by Crippen LogP contribution is 2.31. The van der Waals surface area contributed by atoms with Crippen LogP contribution in [0, 0.1) is 17.8 Å². The van der Waals surface area contributed by atoms with Crippen molar-refractivity contribution in [3.8, 4) is 23.3 Å². The Labute approximate surface area is 195 Å². The smallest absolute Gasteiger partial charge is 0.322 e. The summed E-state index contributed by atoms with van der Waals surface area (Å²) in [6.45, 7) is 3.91. The van der Waals surface area contributed by atoms with Gasteiger partial charge < -0.3 is 14.6 Å². The maximum Gasteiger partial charge on any atom is 0.322 e. The van der Waals surface area contributed by atoms with Crippen LogP contribution in [0.25, 0.3) is 0 Å². The third kappa shape index (κ3) is 6.28. The molecule has 1 aliphatic rings. The van der Waals surface area contributed by atoms with Crippen LogP contribution in [-0.2, 0) is 21.2 Å². The number of aliphatic carboxylic acids is 1. The number of rotatable bonds is 9. The van der Waals surface area contributed by atoms with Crippen molar-refractivity contribution >= 4 is 15.8 Å². The number of carboxylic acid groups (broad SMARTS) is 1. The van der Waals surface area contributed by atoms with Crippen LogP contribution >= 0.6 is 0 Å². The molecule has 1 N–H and O–H groups in total. The van der Waals surface area contributed by atoms with Crippen LogP contribution in [0.4, 0.5) is 0 Å². The minimum atomic E-state index is -4.04. The lowest BCUT2D eigenvalue weighted by atomic mass is 9.93. The molecule has 7 nitrogen and oxygen atoms in total. The molecule has 1 saturated heterocycles. The van der Waals surface area contributed by atoms with Gasteiger partial charge in [-0.2, -0.15) is 0 Å². The molecule has 1 unspecified atom stereocenters. The van der Waals surface area contributed by atoms with Crippen molar-refractivity contribution in [1.82, 2.24) is 4.90 Å². The summed E-state index contributed by atoms with van der Waals surface area (Å²) >= 11 is 0. The molecule has 1 fully saturated rings. The highest BCUT2D eigenvalue weighted by molar-refractivity contribution is 7.92. The Morgan fingerprint density at radius 1 is 1.09 bits per heavy atom. The van der Waals surface area contributed by atoms with Crippen LogP contribution in [0.2, 0.25) is 0 Å². The Morgan fingerprint density at radius 3 is 2.24 bits per heavy atom. The lowest BCUT2D eigenvalue weighted by Gasteiger charge is -2.34. The van der Waals surface area contributed by atoms with Crippen molar-refractivity contribution in [3.63, 3.8) is 0 Å². The Hall–Kier alpha value is -3.02. The second-order valence-electron chi connectivity index (χ2n) is 7.95. The van der Waals surface area contributed by atoms with Crippen molar-refractivity contribution in [3.05, 3.63) is 54.1 Å². The highest BCUT2D eigenvalue weighted by Gasteiger charge is 2.41. The standard InChI is InChI=1S/C25H29NO6S/c1-3-4-17-32-22-9-11-23(12-10-22)33(29,30)24(25(27)28)20-13-15-26(16-14-20)18-19-5-7-21(31-2)8-6-19/h5-12,20,24H,13-18H2,1-2H3,(H,27,28). The molecule has 0 spiro atoms. The van der Waals surface area contributed by atoms with E-state index in [0.717, 1.165) is 17.9 Å². The van der Waals surface area contributed by atoms with Gasteiger partial charge >= 0.3 is 5.97 Å². The van der Waals surface area contributed by atoms with E-state index in [4.69, 9.17) is 9.47 Å². The number of piperidine rings is 1. The van der Waals surface area contributed by atoms with Gasteiger partial charge in [0.15, 0.2) is 15.1 Å². The van der Waals surface area contributed by atoms with Crippen molar-refractivity contribution in [2.45, 2.75) is 36.5 Å². The van der Waals surface area contributed by atoms with Crippen LogP contribution in [0.5, 0.6) is 11.5 Å². The molecule has 0 radical (unpaired) electrons. The molecule has 33 heavy (non-hydrogen) atoms. The van der Waals surface area contributed by atoms with Crippen molar-refractivity contribution in [2.24, 2.45) is 5.92 Å². The Morgan fingerprint density at radius 2 is 1.70 bits per heavy atom. The normalized spacial score (nSPS) is 15.8. The molecular formula is C25H29NO6S. The van der Waals surface area contributed by atoms with Gasteiger partial charge in [0.1, 0.15) is 18.1 Å². The molecule has 1 heterocycles. The Kier molecular flexibility index (Phi) is 8.37. The number of ether oxygens (including phenoxy) is 2. The van der Waals surface area contributed by atoms with E-state index in [1.165, 1.54) is 24.3 Å². The SMILES string of the molecule is CC#CCOc1ccc(S(=O)(=O)C(C(=O)O)C2CCN(Cc3ccc(OC)cc3)CC2)cc1. The first kappa shape index (κ1) is 24.6. The third-order valence-electron chi connectivity index (χ3n) is 5.84. The third-order valence-corrected chi connectivity index (χ3v) is 8.03. The molecule has 0 saturated carbocycles. The summed E-state index contributed by atoms with van der Waals surface area (Å²) in [5, 5.41) is 8.35. The summed E-state index contributed by atoms with van der Waals surface area (Å²) < 4.78 is 37.0. The summed E-state index contributed by atoms with van der Waals surface area (Å²) in [6, 6.07) is 13.7. The van der Waals surface area contributed by atoms with Crippen molar-refractivity contribution in [1.29, 1.82) is 0 Å². The number of hydrogen-bond acceptors (Lipinski definition) is 6. The van der Waals surface area contributed by atoms with Crippen LogP contribution in [-0.4, -0.2) is 56.4 Å². The number of sulfone groups is 1. The van der Waals surface area contributed by atoms with Gasteiger partial charge in [-0.1, -0.05) is 18.1 Å². The van der Waals surface area contributed by atoms with Gasteiger partial charge in [0.05, 0.1) is 12.0 Å². The number of methoxy groups -OCH3 is 1. The van der Waals surface area contributed by atoms with Crippen molar-refractivity contribution in [2.75, 3.05) is 26.8 Å². The summed E-state index contributed by atoms with van der Waals surface area (Å²) in [6.07, 6.45) is 1.01. The highest BCUT2D eigenvalue weighted by atomic mass is 32.2. The molecule has 0 amide bonds. The van der Waals surface area contributed by atoms with Crippen LogP contribution in [0.1, 0.15) is 25.3 Å². The molecule has 1 aliphatic heterocycles. The summed E-state index contributed by atoms with van der Waals surface area (Å²) in [7, 11) is -2.42. The first-order valence-electron chi connectivity index (χ1n) is 10.8. The number of carbonyl (C=O) groups is 1. The van der Waals surface area contributed by atoms with Crippen LogP contribution < -0.4 is 9.47 Å². The van der Waals surface area contributed by atoms with Gasteiger partial charge in [0.25, 0.3) is 0 Å². The monoisotopic (exact) mass is 471 g/mol. The molecule has 2 aromatic carbocycles. The molecule has 1 atom stereocenters. The van der Waals surface area contributed by atoms with Crippen molar-refractivity contribution < 1.29 is 27.8 Å². The fourth-order valence-electron chi connectivity index (χ4n) is 4.05. The van der Waals surface area contributed by atoms with Crippen LogP contribution in [0.15, 0.2) is 53.4 Å². The van der Waals surface area contributed by atoms with Gasteiger partial charge in [0.2, 0.25) is 0 Å². The zero-order valence-corrected chi connectivity index (χ0v) is 19.7. The lowest BCUT2D eigenvalue weighted by molar-refractivity contribution is -0.137. The van der Waals surface area contributed by atoms with Gasteiger partial charge in [0, 0.05) is 6.54 Å². The Bertz CT molecular complexity index is 1090. The van der Waals surface area contributed by atoms with E-state index in [0.29, 0.717) is 31.7 Å². The summed E-state index contributed by atoms with van der Waals surface area (Å²) in [4.78, 5) is 14.3. The molecule has 0 bridgehead atoms. The second-order valence-corrected chi connectivity index (χ2v) is 10.0. The molecule has 0 aliphatic carbocycles. The largest absolute Gasteiger partial charge is 0.497 e. The quantitative estimate of drug-likeness (QED) is 0.561. The minimum Gasteiger partial charge on any atom is -0.497 e. The fourth-order valence-corrected chi connectivity index (χ4v) is 5.91. The number of benzene rings is 2. The first-order valence-corrected chi connectivity index (χ1v) is 12.3. The van der Waals surface area contributed by atoms with E-state index in [-0.39, 0.29) is 11.5 Å². The van der Waals surface area contributed by atoms with E-state index in [1.54, 1.807) is 14.0 Å². The molecule has 176 valence electrons. The minimum absolute atomic E-state index is 0.00973. The maximum absolute atomic E-state index is 13.2. The Balaban J connectivity index is 1.65. The molecular weight excluding hydrogens is 442 g/mol. The van der Waals surface area contributed by atoms with E-state index in [1.807, 2.05) is 24.3 Å². The van der Waals surface area contributed by atoms with Gasteiger partial charge in [-0.25, -0.2) is 8.42 Å². The zero-order valence-electron chi connectivity index (χ0n) is 18.9. The van der Waals surface area contributed by atoms with Gasteiger partial charge in [-0.3, -0.25) is 9.69 Å². The summed E-state index contributed by atoms with van der Waals surface area (Å²) in [5.74, 6) is 5.00. The number of carboxylic acids is 1. The van der Waals surface area contributed by atoms with E-state index in [2.05, 4.69) is 16.7 Å². The molecule has 8 heteroatoms. The van der Waals surface area contributed by atoms with Gasteiger partial charge in [-0.05, 0) is 80.7 Å². The fraction of sp³-hybridized carbons (Fsp3) is 0.400. The predicted octanol–water partition coefficient (Wildman–Crippen LogP) is 3.24. The maximum atomic E-state index is 13.2. The second kappa shape index (κ2) is 11.2.